The van der Waals surface area contributed by atoms with E-state index in [1.54, 1.807) is 23.1 Å². The van der Waals surface area contributed by atoms with Gasteiger partial charge in [-0.25, -0.2) is 9.37 Å². The fourth-order valence-corrected chi connectivity index (χ4v) is 4.11. The Morgan fingerprint density at radius 3 is 3.00 bits per heavy atom. The lowest BCUT2D eigenvalue weighted by Crippen LogP contribution is -2.37. The molecule has 1 aromatic carbocycles. The first kappa shape index (κ1) is 16.7. The van der Waals surface area contributed by atoms with Crippen LogP contribution >= 0.6 is 27.3 Å². The summed E-state index contributed by atoms with van der Waals surface area (Å²) in [6, 6.07) is 7.69. The highest BCUT2D eigenvalue weighted by Gasteiger charge is 2.28. The first-order valence-electron chi connectivity index (χ1n) is 7.85. The summed E-state index contributed by atoms with van der Waals surface area (Å²) in [5.41, 5.74) is 0.659. The summed E-state index contributed by atoms with van der Waals surface area (Å²) in [7, 11) is 0. The third kappa shape index (κ3) is 3.47. The highest BCUT2D eigenvalue weighted by molar-refractivity contribution is 9.10. The Labute approximate surface area is 155 Å². The number of ether oxygens (including phenoxy) is 1. The standard InChI is InChI=1S/C17H14BrFN2O3S/c18-15-6-5-13(24-15)16(22)21(9-11-2-1-7-23-11)17-20-12-4-3-10(19)8-14(12)25-17/h3-6,8,11H,1-2,7,9H2. The monoisotopic (exact) mass is 424 g/mol. The van der Waals surface area contributed by atoms with E-state index in [1.807, 2.05) is 0 Å². The highest BCUT2D eigenvalue weighted by atomic mass is 79.9. The molecule has 2 aromatic heterocycles. The Bertz CT molecular complexity index is 920. The maximum absolute atomic E-state index is 13.5. The van der Waals surface area contributed by atoms with E-state index < -0.39 is 0 Å². The Kier molecular flexibility index (Phi) is 4.58. The van der Waals surface area contributed by atoms with Crippen molar-refractivity contribution in [3.05, 3.63) is 46.6 Å². The number of hydrogen-bond acceptors (Lipinski definition) is 5. The van der Waals surface area contributed by atoms with Gasteiger partial charge in [-0.3, -0.25) is 9.69 Å². The van der Waals surface area contributed by atoms with Crippen LogP contribution in [0.25, 0.3) is 10.2 Å². The van der Waals surface area contributed by atoms with E-state index >= 15 is 0 Å². The predicted molar refractivity (Wildman–Crippen MR) is 96.6 cm³/mol. The Hall–Kier alpha value is -1.77. The van der Waals surface area contributed by atoms with Crippen molar-refractivity contribution in [3.63, 3.8) is 0 Å². The second kappa shape index (κ2) is 6.86. The molecule has 1 unspecified atom stereocenters. The van der Waals surface area contributed by atoms with Crippen LogP contribution < -0.4 is 4.90 Å². The number of aromatic nitrogens is 1. The number of benzene rings is 1. The number of amides is 1. The van der Waals surface area contributed by atoms with E-state index in [1.165, 1.54) is 23.5 Å². The predicted octanol–water partition coefficient (Wildman–Crippen LogP) is 4.62. The van der Waals surface area contributed by atoms with Crippen LogP contribution in [0.4, 0.5) is 9.52 Å². The molecule has 0 N–H and O–H groups in total. The van der Waals surface area contributed by atoms with Crippen molar-refractivity contribution in [2.24, 2.45) is 0 Å². The topological polar surface area (TPSA) is 55.6 Å². The van der Waals surface area contributed by atoms with Gasteiger partial charge in [-0.15, -0.1) is 0 Å². The largest absolute Gasteiger partial charge is 0.444 e. The van der Waals surface area contributed by atoms with E-state index in [0.717, 1.165) is 12.8 Å². The maximum atomic E-state index is 13.5. The van der Waals surface area contributed by atoms with Gasteiger partial charge in [0.1, 0.15) is 5.82 Å². The first-order valence-corrected chi connectivity index (χ1v) is 9.46. The van der Waals surface area contributed by atoms with E-state index in [-0.39, 0.29) is 23.6 Å². The van der Waals surface area contributed by atoms with Gasteiger partial charge >= 0.3 is 0 Å². The molecule has 8 heteroatoms. The van der Waals surface area contributed by atoms with Crippen molar-refractivity contribution in [2.45, 2.75) is 18.9 Å². The van der Waals surface area contributed by atoms with Gasteiger partial charge in [0.15, 0.2) is 15.6 Å². The molecule has 25 heavy (non-hydrogen) atoms. The quantitative estimate of drug-likeness (QED) is 0.613. The summed E-state index contributed by atoms with van der Waals surface area (Å²) in [5, 5.41) is 0.508. The number of fused-ring (bicyclic) bond motifs is 1. The van der Waals surface area contributed by atoms with Crippen LogP contribution in [0.5, 0.6) is 0 Å². The van der Waals surface area contributed by atoms with Crippen LogP contribution in [0, 0.1) is 5.82 Å². The molecule has 1 atom stereocenters. The van der Waals surface area contributed by atoms with Crippen LogP contribution in [0.2, 0.25) is 0 Å². The summed E-state index contributed by atoms with van der Waals surface area (Å²) in [6.45, 7) is 1.09. The molecule has 1 fully saturated rings. The summed E-state index contributed by atoms with van der Waals surface area (Å²) in [6.07, 6.45) is 1.83. The Balaban J connectivity index is 1.70. The van der Waals surface area contributed by atoms with Crippen LogP contribution in [0.15, 0.2) is 39.4 Å². The molecular weight excluding hydrogens is 411 g/mol. The minimum Gasteiger partial charge on any atom is -0.444 e. The molecule has 4 rings (SSSR count). The van der Waals surface area contributed by atoms with E-state index in [4.69, 9.17) is 9.15 Å². The van der Waals surface area contributed by atoms with Gasteiger partial charge in [0.05, 0.1) is 22.9 Å². The van der Waals surface area contributed by atoms with E-state index in [0.29, 0.717) is 33.2 Å². The zero-order chi connectivity index (χ0) is 17.4. The lowest BCUT2D eigenvalue weighted by atomic mass is 10.2. The van der Waals surface area contributed by atoms with Gasteiger partial charge in [0.2, 0.25) is 0 Å². The molecule has 1 saturated heterocycles. The number of anilines is 1. The number of carbonyl (C=O) groups excluding carboxylic acids is 1. The Morgan fingerprint density at radius 1 is 1.40 bits per heavy atom. The smallest absolute Gasteiger partial charge is 0.295 e. The molecule has 3 aromatic rings. The summed E-state index contributed by atoms with van der Waals surface area (Å²) in [5.74, 6) is -0.397. The summed E-state index contributed by atoms with van der Waals surface area (Å²) < 4.78 is 25.7. The molecule has 1 aliphatic heterocycles. The minimum atomic E-state index is -0.324. The number of thiazole rings is 1. The van der Waals surface area contributed by atoms with Crippen LogP contribution in [0.3, 0.4) is 0 Å². The molecule has 1 aliphatic rings. The van der Waals surface area contributed by atoms with Crippen LogP contribution in [-0.4, -0.2) is 30.1 Å². The molecule has 0 bridgehead atoms. The van der Waals surface area contributed by atoms with Gasteiger partial charge in [-0.1, -0.05) is 11.3 Å². The van der Waals surface area contributed by atoms with Gasteiger partial charge < -0.3 is 9.15 Å². The lowest BCUT2D eigenvalue weighted by molar-refractivity contribution is 0.0894. The van der Waals surface area contributed by atoms with Crippen molar-refractivity contribution in [1.29, 1.82) is 0 Å². The SMILES string of the molecule is O=C(c1ccc(Br)o1)N(CC1CCCO1)c1nc2ccc(F)cc2s1. The molecule has 3 heterocycles. The van der Waals surface area contributed by atoms with Gasteiger partial charge in [0, 0.05) is 6.61 Å². The average Bonchev–Trinajstić information content (AvgIpc) is 3.31. The number of furan rings is 1. The summed E-state index contributed by atoms with van der Waals surface area (Å²) >= 11 is 4.49. The molecular formula is C17H14BrFN2O3S. The lowest BCUT2D eigenvalue weighted by Gasteiger charge is -2.22. The van der Waals surface area contributed by atoms with Crippen LogP contribution in [-0.2, 0) is 4.74 Å². The number of carbonyl (C=O) groups is 1. The first-order chi connectivity index (χ1) is 12.1. The molecule has 0 radical (unpaired) electrons. The van der Waals surface area contributed by atoms with Crippen molar-refractivity contribution in [3.8, 4) is 0 Å². The van der Waals surface area contributed by atoms with E-state index in [2.05, 4.69) is 20.9 Å². The number of halogens is 2. The fourth-order valence-electron chi connectivity index (χ4n) is 2.80. The van der Waals surface area contributed by atoms with Crippen molar-refractivity contribution >= 4 is 48.5 Å². The number of hydrogen-bond donors (Lipinski definition) is 0. The Morgan fingerprint density at radius 2 is 2.28 bits per heavy atom. The third-order valence-electron chi connectivity index (χ3n) is 4.01. The molecule has 0 aliphatic carbocycles. The van der Waals surface area contributed by atoms with Crippen molar-refractivity contribution < 1.29 is 18.3 Å². The third-order valence-corrected chi connectivity index (χ3v) is 5.48. The molecule has 0 spiro atoms. The molecule has 5 nitrogen and oxygen atoms in total. The van der Waals surface area contributed by atoms with E-state index in [9.17, 15) is 9.18 Å². The zero-order valence-electron chi connectivity index (χ0n) is 13.1. The number of rotatable bonds is 4. The zero-order valence-corrected chi connectivity index (χ0v) is 15.5. The summed E-state index contributed by atoms with van der Waals surface area (Å²) in [4.78, 5) is 19.0. The normalized spacial score (nSPS) is 17.3. The fraction of sp³-hybridized carbons (Fsp3) is 0.294. The minimum absolute atomic E-state index is 0.0360. The second-order valence-electron chi connectivity index (χ2n) is 5.76. The highest BCUT2D eigenvalue weighted by Crippen LogP contribution is 2.31. The average molecular weight is 425 g/mol. The van der Waals surface area contributed by atoms with Crippen molar-refractivity contribution in [1.82, 2.24) is 4.98 Å². The van der Waals surface area contributed by atoms with Gasteiger partial charge in [-0.2, -0.15) is 0 Å². The molecule has 1 amide bonds. The second-order valence-corrected chi connectivity index (χ2v) is 7.55. The number of nitrogens with zero attached hydrogens (tertiary/aromatic N) is 2. The molecule has 0 saturated carbocycles. The van der Waals surface area contributed by atoms with Gasteiger partial charge in [-0.05, 0) is 59.1 Å². The van der Waals surface area contributed by atoms with Crippen molar-refractivity contribution in [2.75, 3.05) is 18.1 Å². The molecule has 130 valence electrons. The van der Waals surface area contributed by atoms with Gasteiger partial charge in [0.25, 0.3) is 5.91 Å². The maximum Gasteiger partial charge on any atom is 0.295 e. The van der Waals surface area contributed by atoms with Crippen LogP contribution in [0.1, 0.15) is 23.4 Å².